The van der Waals surface area contributed by atoms with Crippen LogP contribution >= 0.6 is 0 Å². The molecule has 1 aromatic carbocycles. The van der Waals surface area contributed by atoms with Crippen molar-refractivity contribution in [2.75, 3.05) is 13.2 Å². The van der Waals surface area contributed by atoms with Crippen molar-refractivity contribution in [3.63, 3.8) is 0 Å². The highest BCUT2D eigenvalue weighted by molar-refractivity contribution is 7.89. The third kappa shape index (κ3) is 3.81. The first-order valence-corrected chi connectivity index (χ1v) is 6.88. The number of aliphatic hydroxyl groups excluding tert-OH is 1. The van der Waals surface area contributed by atoms with E-state index in [9.17, 15) is 12.8 Å². The lowest BCUT2D eigenvalue weighted by Gasteiger charge is -2.04. The molecule has 6 heteroatoms. The zero-order valence-electron chi connectivity index (χ0n) is 9.90. The average Bonchev–Trinajstić information content (AvgIpc) is 2.31. The van der Waals surface area contributed by atoms with Crippen molar-refractivity contribution in [3.8, 4) is 11.8 Å². The minimum atomic E-state index is -3.65. The Kier molecular flexibility index (Phi) is 5.28. The van der Waals surface area contributed by atoms with E-state index < -0.39 is 15.8 Å². The zero-order chi connectivity index (χ0) is 13.6. The summed E-state index contributed by atoms with van der Waals surface area (Å²) in [6, 6.07) is 3.54. The predicted octanol–water partition coefficient (Wildman–Crippen LogP) is 0.858. The summed E-state index contributed by atoms with van der Waals surface area (Å²) in [5.41, 5.74) is 0.110. The Morgan fingerprint density at radius 3 is 2.72 bits per heavy atom. The molecule has 0 fully saturated rings. The largest absolute Gasteiger partial charge is 0.395 e. The molecule has 18 heavy (non-hydrogen) atoms. The van der Waals surface area contributed by atoms with Crippen LogP contribution in [0.4, 0.5) is 4.39 Å². The van der Waals surface area contributed by atoms with E-state index in [1.54, 1.807) is 6.92 Å². The van der Waals surface area contributed by atoms with E-state index in [1.165, 1.54) is 12.1 Å². The molecule has 0 aliphatic carbocycles. The first-order valence-electron chi connectivity index (χ1n) is 5.40. The van der Waals surface area contributed by atoms with Gasteiger partial charge >= 0.3 is 0 Å². The molecule has 4 nitrogen and oxygen atoms in total. The molecule has 0 heterocycles. The van der Waals surface area contributed by atoms with Crippen molar-refractivity contribution >= 4 is 10.0 Å². The topological polar surface area (TPSA) is 66.4 Å². The van der Waals surface area contributed by atoms with Crippen molar-refractivity contribution in [1.82, 2.24) is 4.72 Å². The Morgan fingerprint density at radius 2 is 2.17 bits per heavy atom. The van der Waals surface area contributed by atoms with Crippen molar-refractivity contribution in [1.29, 1.82) is 0 Å². The molecule has 0 bridgehead atoms. The molecular weight excluding hydrogens is 257 g/mol. The van der Waals surface area contributed by atoms with E-state index in [0.717, 1.165) is 6.07 Å². The summed E-state index contributed by atoms with van der Waals surface area (Å²) in [6.45, 7) is 1.78. The van der Waals surface area contributed by atoms with Crippen LogP contribution in [-0.4, -0.2) is 26.7 Å². The molecule has 0 atom stereocenters. The molecule has 0 amide bonds. The summed E-state index contributed by atoms with van der Waals surface area (Å²) in [6.07, 6.45) is 0.247. The molecule has 0 unspecified atom stereocenters. The van der Waals surface area contributed by atoms with Crippen LogP contribution in [0.1, 0.15) is 18.9 Å². The maximum absolute atomic E-state index is 13.6. The van der Waals surface area contributed by atoms with Crippen LogP contribution < -0.4 is 4.72 Å². The quantitative estimate of drug-likeness (QED) is 0.798. The standard InChI is InChI=1S/C12H14FNO3S/c1-2-14-18(16,17)11-7-6-10(12(13)9-11)5-3-4-8-15/h6-7,9,14-15H,2,4,8H2,1H3. The molecule has 1 aromatic rings. The van der Waals surface area contributed by atoms with Gasteiger partial charge < -0.3 is 5.11 Å². The van der Waals surface area contributed by atoms with Gasteiger partial charge in [-0.15, -0.1) is 0 Å². The zero-order valence-corrected chi connectivity index (χ0v) is 10.7. The third-order valence-corrected chi connectivity index (χ3v) is 3.59. The predicted molar refractivity (Wildman–Crippen MR) is 65.8 cm³/mol. The molecule has 0 radical (unpaired) electrons. The van der Waals surface area contributed by atoms with E-state index in [2.05, 4.69) is 16.6 Å². The lowest BCUT2D eigenvalue weighted by molar-refractivity contribution is 0.305. The first-order chi connectivity index (χ1) is 8.51. The van der Waals surface area contributed by atoms with Crippen LogP contribution in [0.25, 0.3) is 0 Å². The Hall–Kier alpha value is -1.42. The summed E-state index contributed by atoms with van der Waals surface area (Å²) in [4.78, 5) is -0.130. The van der Waals surface area contributed by atoms with Crippen LogP contribution in [0.15, 0.2) is 23.1 Å². The van der Waals surface area contributed by atoms with Gasteiger partial charge in [-0.3, -0.25) is 0 Å². The van der Waals surface area contributed by atoms with Gasteiger partial charge in [0, 0.05) is 13.0 Å². The Morgan fingerprint density at radius 1 is 1.44 bits per heavy atom. The maximum Gasteiger partial charge on any atom is 0.240 e. The molecule has 0 spiro atoms. The van der Waals surface area contributed by atoms with Gasteiger partial charge in [-0.2, -0.15) is 0 Å². The number of hydrogen-bond acceptors (Lipinski definition) is 3. The molecule has 98 valence electrons. The van der Waals surface area contributed by atoms with E-state index in [0.29, 0.717) is 0 Å². The fourth-order valence-corrected chi connectivity index (χ4v) is 2.30. The Labute approximate surface area is 106 Å². The number of benzene rings is 1. The Balaban J connectivity index is 3.04. The van der Waals surface area contributed by atoms with E-state index in [1.807, 2.05) is 0 Å². The number of nitrogens with one attached hydrogen (secondary N) is 1. The minimum absolute atomic E-state index is 0.0957. The summed E-state index contributed by atoms with van der Waals surface area (Å²) in [7, 11) is -3.65. The SMILES string of the molecule is CCNS(=O)(=O)c1ccc(C#CCCO)c(F)c1. The summed E-state index contributed by atoms with van der Waals surface area (Å²) in [5, 5.41) is 8.54. The number of aliphatic hydroxyl groups is 1. The van der Waals surface area contributed by atoms with Crippen LogP contribution in [0.5, 0.6) is 0 Å². The maximum atomic E-state index is 13.6. The summed E-state index contributed by atoms with van der Waals surface area (Å²) >= 11 is 0. The molecule has 0 saturated carbocycles. The van der Waals surface area contributed by atoms with Crippen LogP contribution in [-0.2, 0) is 10.0 Å². The van der Waals surface area contributed by atoms with E-state index in [-0.39, 0.29) is 30.0 Å². The lowest BCUT2D eigenvalue weighted by Crippen LogP contribution is -2.23. The van der Waals surface area contributed by atoms with Gasteiger partial charge in [0.2, 0.25) is 10.0 Å². The normalized spacial score (nSPS) is 10.8. The van der Waals surface area contributed by atoms with Gasteiger partial charge in [-0.25, -0.2) is 17.5 Å². The monoisotopic (exact) mass is 271 g/mol. The summed E-state index contributed by atoms with van der Waals surface area (Å²) < 4.78 is 39.1. The van der Waals surface area contributed by atoms with Crippen LogP contribution in [0, 0.1) is 17.7 Å². The molecule has 1 rings (SSSR count). The lowest BCUT2D eigenvalue weighted by atomic mass is 10.2. The molecule has 0 saturated heterocycles. The molecule has 0 aliphatic rings. The first kappa shape index (κ1) is 14.6. The average molecular weight is 271 g/mol. The van der Waals surface area contributed by atoms with Crippen molar-refractivity contribution in [2.24, 2.45) is 0 Å². The van der Waals surface area contributed by atoms with Crippen molar-refractivity contribution in [2.45, 2.75) is 18.2 Å². The number of rotatable bonds is 4. The van der Waals surface area contributed by atoms with Crippen LogP contribution in [0.2, 0.25) is 0 Å². The van der Waals surface area contributed by atoms with Gasteiger partial charge in [0.05, 0.1) is 17.1 Å². The highest BCUT2D eigenvalue weighted by Crippen LogP contribution is 2.14. The van der Waals surface area contributed by atoms with Crippen molar-refractivity contribution < 1.29 is 17.9 Å². The van der Waals surface area contributed by atoms with Crippen LogP contribution in [0.3, 0.4) is 0 Å². The number of halogens is 1. The minimum Gasteiger partial charge on any atom is -0.395 e. The van der Waals surface area contributed by atoms with Gasteiger partial charge in [-0.1, -0.05) is 18.8 Å². The Bertz CT molecular complexity index is 573. The van der Waals surface area contributed by atoms with Gasteiger partial charge in [0.1, 0.15) is 5.82 Å². The van der Waals surface area contributed by atoms with Gasteiger partial charge in [0.25, 0.3) is 0 Å². The fraction of sp³-hybridized carbons (Fsp3) is 0.333. The second kappa shape index (κ2) is 6.50. The highest BCUT2D eigenvalue weighted by atomic mass is 32.2. The second-order valence-corrected chi connectivity index (χ2v) is 5.19. The molecule has 0 aromatic heterocycles. The number of sulfonamides is 1. The highest BCUT2D eigenvalue weighted by Gasteiger charge is 2.14. The van der Waals surface area contributed by atoms with Crippen molar-refractivity contribution in [3.05, 3.63) is 29.6 Å². The molecular formula is C12H14FNO3S. The van der Waals surface area contributed by atoms with Gasteiger partial charge in [-0.05, 0) is 18.2 Å². The molecule has 2 N–H and O–H groups in total. The van der Waals surface area contributed by atoms with E-state index >= 15 is 0 Å². The fourth-order valence-electron chi connectivity index (χ4n) is 1.25. The van der Waals surface area contributed by atoms with Gasteiger partial charge in [0.15, 0.2) is 0 Å². The van der Waals surface area contributed by atoms with E-state index in [4.69, 9.17) is 5.11 Å². The second-order valence-electron chi connectivity index (χ2n) is 3.42. The number of hydrogen-bond donors (Lipinski definition) is 2. The third-order valence-electron chi connectivity index (χ3n) is 2.05. The smallest absolute Gasteiger partial charge is 0.240 e. The summed E-state index contributed by atoms with van der Waals surface area (Å²) in [5.74, 6) is 4.40. The molecule has 0 aliphatic heterocycles.